The molecular weight excluding hydrogens is 724 g/mol. The Morgan fingerprint density at radius 1 is 1.02 bits per heavy atom. The first-order chi connectivity index (χ1) is 21.6. The van der Waals surface area contributed by atoms with E-state index in [1.54, 1.807) is 31.5 Å². The van der Waals surface area contributed by atoms with Crippen molar-refractivity contribution in [2.45, 2.75) is 40.2 Å². The molecule has 0 unspecified atom stereocenters. The quantitative estimate of drug-likeness (QED) is 0.105. The number of hydrogen-bond acceptors (Lipinski definition) is 6. The normalized spacial score (nSPS) is 11.5. The number of ether oxygens (including phenoxy) is 3. The van der Waals surface area contributed by atoms with Crippen molar-refractivity contribution in [3.63, 3.8) is 0 Å². The van der Waals surface area contributed by atoms with E-state index in [0.717, 1.165) is 37.1 Å². The van der Waals surface area contributed by atoms with Crippen LogP contribution in [0.1, 0.15) is 48.9 Å². The molecule has 10 heteroatoms. The van der Waals surface area contributed by atoms with Gasteiger partial charge in [0, 0.05) is 21.2 Å². The Morgan fingerprint density at radius 3 is 2.51 bits per heavy atom. The number of aryl methyl sites for hydroxylation is 1. The van der Waals surface area contributed by atoms with E-state index >= 15 is 0 Å². The minimum atomic E-state index is -0.271. The van der Waals surface area contributed by atoms with E-state index in [4.69, 9.17) is 47.5 Å². The molecule has 7 nitrogen and oxygen atoms in total. The van der Waals surface area contributed by atoms with Gasteiger partial charge in [0.15, 0.2) is 17.3 Å². The summed E-state index contributed by atoms with van der Waals surface area (Å²) in [6, 6.07) is 20.3. The zero-order valence-electron chi connectivity index (χ0n) is 25.5. The number of rotatable bonds is 10. The van der Waals surface area contributed by atoms with Gasteiger partial charge in [-0.2, -0.15) is 9.78 Å². The van der Waals surface area contributed by atoms with Gasteiger partial charge < -0.3 is 14.2 Å². The van der Waals surface area contributed by atoms with Crippen LogP contribution in [-0.4, -0.2) is 29.6 Å². The largest absolute Gasteiger partial charge is 0.496 e. The molecule has 0 saturated heterocycles. The Hall–Kier alpha value is -3.60. The Balaban J connectivity index is 1.59. The number of halogens is 3. The smallest absolute Gasteiger partial charge is 0.282 e. The Labute approximate surface area is 285 Å². The van der Waals surface area contributed by atoms with E-state index in [0.29, 0.717) is 44.9 Å². The first-order valence-corrected chi connectivity index (χ1v) is 16.2. The molecule has 0 spiro atoms. The minimum absolute atomic E-state index is 0.193. The predicted octanol–water partition coefficient (Wildman–Crippen LogP) is 9.28. The summed E-state index contributed by atoms with van der Waals surface area (Å²) in [5, 5.41) is 6.26. The van der Waals surface area contributed by atoms with Crippen LogP contribution in [0.25, 0.3) is 22.3 Å². The SMILES string of the molecule is CCOc1cc(C=Nn2c(-c3cc(C(C)C)c(OC)cc3C)nc3ccccc3c2=O)cc(I)c1OCc1ccc(Cl)cc1Cl. The maximum Gasteiger partial charge on any atom is 0.282 e. The molecule has 45 heavy (non-hydrogen) atoms. The van der Waals surface area contributed by atoms with Crippen molar-refractivity contribution in [2.24, 2.45) is 5.10 Å². The van der Waals surface area contributed by atoms with Gasteiger partial charge in [0.25, 0.3) is 5.56 Å². The van der Waals surface area contributed by atoms with Crippen LogP contribution in [0.2, 0.25) is 10.0 Å². The first kappa shape index (κ1) is 32.8. The highest BCUT2D eigenvalue weighted by atomic mass is 127. The molecule has 232 valence electrons. The van der Waals surface area contributed by atoms with Crippen LogP contribution in [0.3, 0.4) is 0 Å². The van der Waals surface area contributed by atoms with Crippen LogP contribution >= 0.6 is 45.8 Å². The Bertz CT molecular complexity index is 1970. The lowest BCUT2D eigenvalue weighted by molar-refractivity contribution is 0.267. The van der Waals surface area contributed by atoms with Gasteiger partial charge in [-0.1, -0.05) is 55.2 Å². The molecule has 0 N–H and O–H groups in total. The molecule has 0 bridgehead atoms. The lowest BCUT2D eigenvalue weighted by atomic mass is 9.96. The van der Waals surface area contributed by atoms with Crippen molar-refractivity contribution in [1.82, 2.24) is 9.66 Å². The van der Waals surface area contributed by atoms with Crippen LogP contribution in [0.4, 0.5) is 0 Å². The number of benzene rings is 4. The summed E-state index contributed by atoms with van der Waals surface area (Å²) in [5.74, 6) is 2.56. The highest BCUT2D eigenvalue weighted by Gasteiger charge is 2.19. The molecule has 4 aromatic carbocycles. The molecule has 5 rings (SSSR count). The number of aromatic nitrogens is 2. The van der Waals surface area contributed by atoms with Crippen LogP contribution in [0.5, 0.6) is 17.2 Å². The van der Waals surface area contributed by atoms with E-state index in [1.165, 1.54) is 4.68 Å². The van der Waals surface area contributed by atoms with Crippen molar-refractivity contribution in [3.8, 4) is 28.6 Å². The molecule has 0 saturated carbocycles. The summed E-state index contributed by atoms with van der Waals surface area (Å²) in [4.78, 5) is 18.8. The molecule has 0 aliphatic carbocycles. The van der Waals surface area contributed by atoms with Crippen molar-refractivity contribution in [3.05, 3.63) is 113 Å². The third-order valence-corrected chi connectivity index (χ3v) is 8.62. The van der Waals surface area contributed by atoms with E-state index < -0.39 is 0 Å². The monoisotopic (exact) mass is 755 g/mol. The summed E-state index contributed by atoms with van der Waals surface area (Å²) in [5.41, 5.74) is 4.58. The number of fused-ring (bicyclic) bond motifs is 1. The van der Waals surface area contributed by atoms with Crippen molar-refractivity contribution >= 4 is 62.9 Å². The topological polar surface area (TPSA) is 74.9 Å². The molecule has 0 atom stereocenters. The lowest BCUT2D eigenvalue weighted by Gasteiger charge is -2.17. The van der Waals surface area contributed by atoms with Crippen LogP contribution in [0.15, 0.2) is 76.6 Å². The van der Waals surface area contributed by atoms with E-state index in [1.807, 2.05) is 62.4 Å². The average molecular weight is 756 g/mol. The minimum Gasteiger partial charge on any atom is -0.496 e. The highest BCUT2D eigenvalue weighted by Crippen LogP contribution is 2.36. The first-order valence-electron chi connectivity index (χ1n) is 14.4. The van der Waals surface area contributed by atoms with Crippen molar-refractivity contribution in [1.29, 1.82) is 0 Å². The third kappa shape index (κ3) is 7.13. The van der Waals surface area contributed by atoms with Gasteiger partial charge in [-0.3, -0.25) is 4.79 Å². The van der Waals surface area contributed by atoms with Gasteiger partial charge in [0.2, 0.25) is 0 Å². The number of para-hydroxylation sites is 1. The average Bonchev–Trinajstić information content (AvgIpc) is 3.01. The fraction of sp³-hybridized carbons (Fsp3) is 0.229. The van der Waals surface area contributed by atoms with Gasteiger partial charge in [-0.15, -0.1) is 0 Å². The molecule has 1 aromatic heterocycles. The summed E-state index contributed by atoms with van der Waals surface area (Å²) in [6.07, 6.45) is 1.63. The van der Waals surface area contributed by atoms with E-state index in [2.05, 4.69) is 36.4 Å². The van der Waals surface area contributed by atoms with Gasteiger partial charge in [-0.25, -0.2) is 4.98 Å². The van der Waals surface area contributed by atoms with Gasteiger partial charge in [-0.05, 0) is 108 Å². The fourth-order valence-corrected chi connectivity index (χ4v) is 6.19. The lowest BCUT2D eigenvalue weighted by Crippen LogP contribution is -2.21. The van der Waals surface area contributed by atoms with Crippen molar-refractivity contribution < 1.29 is 14.2 Å². The highest BCUT2D eigenvalue weighted by molar-refractivity contribution is 14.1. The van der Waals surface area contributed by atoms with Gasteiger partial charge in [0.05, 0.1) is 34.4 Å². The van der Waals surface area contributed by atoms with Crippen LogP contribution in [0, 0.1) is 10.5 Å². The second-order valence-corrected chi connectivity index (χ2v) is 12.7. The molecule has 0 aliphatic rings. The van der Waals surface area contributed by atoms with Crippen molar-refractivity contribution in [2.75, 3.05) is 13.7 Å². The number of methoxy groups -OCH3 is 1. The molecule has 5 aromatic rings. The third-order valence-electron chi connectivity index (χ3n) is 7.23. The number of nitrogens with zero attached hydrogens (tertiary/aromatic N) is 3. The Morgan fingerprint density at radius 2 is 1.80 bits per heavy atom. The summed E-state index contributed by atoms with van der Waals surface area (Å²) in [6.45, 7) is 8.76. The molecule has 0 amide bonds. The summed E-state index contributed by atoms with van der Waals surface area (Å²) in [7, 11) is 1.66. The second kappa shape index (κ2) is 14.2. The maximum absolute atomic E-state index is 13.9. The van der Waals surface area contributed by atoms with Crippen LogP contribution < -0.4 is 19.8 Å². The summed E-state index contributed by atoms with van der Waals surface area (Å²) >= 11 is 14.6. The van der Waals surface area contributed by atoms with E-state index in [-0.39, 0.29) is 18.1 Å². The predicted molar refractivity (Wildman–Crippen MR) is 191 cm³/mol. The molecule has 0 fully saturated rings. The maximum atomic E-state index is 13.9. The Kier molecular flexibility index (Phi) is 10.4. The molecular formula is C35H32Cl2IN3O4. The van der Waals surface area contributed by atoms with Crippen LogP contribution in [-0.2, 0) is 6.61 Å². The zero-order chi connectivity index (χ0) is 32.2. The second-order valence-electron chi connectivity index (χ2n) is 10.7. The van der Waals surface area contributed by atoms with Gasteiger partial charge >= 0.3 is 0 Å². The van der Waals surface area contributed by atoms with E-state index in [9.17, 15) is 4.79 Å². The summed E-state index contributed by atoms with van der Waals surface area (Å²) < 4.78 is 20.0. The zero-order valence-corrected chi connectivity index (χ0v) is 29.2. The van der Waals surface area contributed by atoms with Gasteiger partial charge in [0.1, 0.15) is 12.4 Å². The number of hydrogen-bond donors (Lipinski definition) is 0. The molecule has 0 aliphatic heterocycles. The molecule has 0 radical (unpaired) electrons. The standard InChI is InChI=1S/C35H32Cl2IN3O4/c1-6-44-32-15-22(14-29(38)33(32)45-19-23-11-12-24(36)16-28(23)37)18-39-41-34(40-30-10-8-7-9-25(30)35(41)42)27-17-26(20(2)3)31(43-5)13-21(27)4/h7-18,20H,6,19H2,1-5H3. The molecule has 1 heterocycles. The fourth-order valence-electron chi connectivity index (χ4n) is 4.95.